The van der Waals surface area contributed by atoms with E-state index in [2.05, 4.69) is 119 Å². The fourth-order valence-corrected chi connectivity index (χ4v) is 5.91. The maximum absolute atomic E-state index is 4.67. The minimum Gasteiger partial charge on any atom is -0.308 e. The van der Waals surface area contributed by atoms with Gasteiger partial charge in [0, 0.05) is 17.3 Å². The monoisotopic (exact) mass is 444 g/mol. The highest BCUT2D eigenvalue weighted by molar-refractivity contribution is 6.18. The molecule has 162 valence electrons. The molecule has 7 aromatic rings. The van der Waals surface area contributed by atoms with Gasteiger partial charge in [-0.15, -0.1) is 0 Å². The first kappa shape index (κ1) is 18.7. The third-order valence-corrected chi connectivity index (χ3v) is 7.41. The average molecular weight is 445 g/mol. The highest BCUT2D eigenvalue weighted by Gasteiger charge is 2.22. The first-order chi connectivity index (χ1) is 17.4. The Balaban J connectivity index is 1.31. The maximum Gasteiger partial charge on any atom is 0.0963 e. The minimum atomic E-state index is 1.04. The Kier molecular flexibility index (Phi) is 3.69. The van der Waals surface area contributed by atoms with E-state index in [4.69, 9.17) is 0 Å². The van der Waals surface area contributed by atoms with Crippen LogP contribution in [-0.4, -0.2) is 9.55 Å². The summed E-state index contributed by atoms with van der Waals surface area (Å²) < 4.78 is 2.31. The minimum absolute atomic E-state index is 1.04. The largest absolute Gasteiger partial charge is 0.308 e. The van der Waals surface area contributed by atoms with Crippen molar-refractivity contribution in [1.82, 2.24) is 9.55 Å². The zero-order valence-electron chi connectivity index (χ0n) is 18.9. The van der Waals surface area contributed by atoms with Crippen molar-refractivity contribution in [1.29, 1.82) is 0 Å². The number of fused-ring (bicyclic) bond motifs is 6. The van der Waals surface area contributed by atoms with Crippen LogP contribution in [0.1, 0.15) is 0 Å². The number of pyridine rings is 1. The van der Waals surface area contributed by atoms with E-state index in [9.17, 15) is 0 Å². The molecule has 2 aromatic heterocycles. The van der Waals surface area contributed by atoms with Crippen LogP contribution in [0, 0.1) is 0 Å². The molecule has 0 saturated heterocycles. The molecule has 0 radical (unpaired) electrons. The standard InChI is InChI=1S/C33H20N2/c1-2-8-25-24(7-1)27-11-5-10-26-23(18-19-28(25)32(26)27)21-14-16-22(17-15-21)35-30-12-4-3-9-29(30)33-31(35)13-6-20-34-33/h1-20H. The van der Waals surface area contributed by atoms with Gasteiger partial charge < -0.3 is 4.57 Å². The molecule has 0 atom stereocenters. The molecule has 0 saturated carbocycles. The van der Waals surface area contributed by atoms with E-state index in [0.29, 0.717) is 0 Å². The van der Waals surface area contributed by atoms with Gasteiger partial charge in [-0.25, -0.2) is 0 Å². The molecule has 0 fully saturated rings. The number of hydrogen-bond donors (Lipinski definition) is 0. The normalized spacial score (nSPS) is 12.0. The Bertz CT molecular complexity index is 1860. The molecular formula is C33H20N2. The predicted molar refractivity (Wildman–Crippen MR) is 146 cm³/mol. The summed E-state index contributed by atoms with van der Waals surface area (Å²) in [6, 6.07) is 41.6. The van der Waals surface area contributed by atoms with Gasteiger partial charge in [-0.1, -0.05) is 84.9 Å². The van der Waals surface area contributed by atoms with Crippen LogP contribution < -0.4 is 0 Å². The summed E-state index contributed by atoms with van der Waals surface area (Å²) in [7, 11) is 0. The maximum atomic E-state index is 4.67. The van der Waals surface area contributed by atoms with Gasteiger partial charge in [-0.2, -0.15) is 0 Å². The summed E-state index contributed by atoms with van der Waals surface area (Å²) in [6.45, 7) is 0. The SMILES string of the molecule is c1ccc2c(c1)-c1cccc3c(-c4ccc(-n5c6ccccc6c6ncccc65)cc4)ccc-2c13. The third kappa shape index (κ3) is 2.51. The van der Waals surface area contributed by atoms with E-state index in [1.807, 2.05) is 12.3 Å². The average Bonchev–Trinajstić information content (AvgIpc) is 3.44. The van der Waals surface area contributed by atoms with Crippen LogP contribution in [-0.2, 0) is 0 Å². The molecule has 2 heterocycles. The van der Waals surface area contributed by atoms with E-state index in [0.717, 1.165) is 16.7 Å². The molecule has 2 heteroatoms. The number of hydrogen-bond acceptors (Lipinski definition) is 1. The molecule has 1 aliphatic carbocycles. The van der Waals surface area contributed by atoms with Crippen molar-refractivity contribution in [3.63, 3.8) is 0 Å². The lowest BCUT2D eigenvalue weighted by Crippen LogP contribution is -1.94. The van der Waals surface area contributed by atoms with E-state index >= 15 is 0 Å². The molecule has 8 rings (SSSR count). The Morgan fingerprint density at radius 2 is 1.11 bits per heavy atom. The summed E-state index contributed by atoms with van der Waals surface area (Å²) in [5, 5.41) is 3.85. The molecule has 0 bridgehead atoms. The Hall–Kier alpha value is -4.69. The van der Waals surface area contributed by atoms with Crippen molar-refractivity contribution in [2.45, 2.75) is 0 Å². The van der Waals surface area contributed by atoms with Crippen LogP contribution in [0.4, 0.5) is 0 Å². The van der Waals surface area contributed by atoms with Crippen molar-refractivity contribution in [2.24, 2.45) is 0 Å². The van der Waals surface area contributed by atoms with Crippen LogP contribution in [0.5, 0.6) is 0 Å². The summed E-state index contributed by atoms with van der Waals surface area (Å²) >= 11 is 0. The molecule has 0 aliphatic heterocycles. The van der Waals surface area contributed by atoms with E-state index < -0.39 is 0 Å². The van der Waals surface area contributed by atoms with Gasteiger partial charge in [0.05, 0.1) is 16.6 Å². The number of benzene rings is 5. The quantitative estimate of drug-likeness (QED) is 0.261. The summed E-state index contributed by atoms with van der Waals surface area (Å²) in [5.41, 5.74) is 12.3. The van der Waals surface area contributed by atoms with Crippen molar-refractivity contribution in [3.05, 3.63) is 121 Å². The second kappa shape index (κ2) is 6.91. The molecule has 0 N–H and O–H groups in total. The van der Waals surface area contributed by atoms with E-state index in [1.54, 1.807) is 0 Å². The lowest BCUT2D eigenvalue weighted by atomic mass is 9.94. The molecule has 2 nitrogen and oxygen atoms in total. The van der Waals surface area contributed by atoms with Gasteiger partial charge in [-0.05, 0) is 74.5 Å². The Labute approximate surface area is 202 Å². The van der Waals surface area contributed by atoms with Crippen molar-refractivity contribution in [2.75, 3.05) is 0 Å². The fraction of sp³-hybridized carbons (Fsp3) is 0. The third-order valence-electron chi connectivity index (χ3n) is 7.41. The smallest absolute Gasteiger partial charge is 0.0963 e. The second-order valence-corrected chi connectivity index (χ2v) is 9.20. The number of rotatable bonds is 2. The zero-order chi connectivity index (χ0) is 22.9. The van der Waals surface area contributed by atoms with Crippen LogP contribution in [0.15, 0.2) is 121 Å². The van der Waals surface area contributed by atoms with Gasteiger partial charge in [0.25, 0.3) is 0 Å². The topological polar surface area (TPSA) is 17.8 Å². The van der Waals surface area contributed by atoms with Crippen molar-refractivity contribution >= 4 is 32.7 Å². The number of para-hydroxylation sites is 1. The lowest BCUT2D eigenvalue weighted by molar-refractivity contribution is 1.18. The van der Waals surface area contributed by atoms with Crippen molar-refractivity contribution in [3.8, 4) is 39.1 Å². The molecule has 0 spiro atoms. The van der Waals surface area contributed by atoms with Crippen LogP contribution >= 0.6 is 0 Å². The zero-order valence-corrected chi connectivity index (χ0v) is 18.9. The number of aromatic nitrogens is 2. The van der Waals surface area contributed by atoms with Crippen LogP contribution in [0.25, 0.3) is 71.8 Å². The Morgan fingerprint density at radius 3 is 1.97 bits per heavy atom. The second-order valence-electron chi connectivity index (χ2n) is 9.20. The molecule has 0 amide bonds. The highest BCUT2D eigenvalue weighted by atomic mass is 15.0. The van der Waals surface area contributed by atoms with E-state index in [-0.39, 0.29) is 0 Å². The van der Waals surface area contributed by atoms with Crippen LogP contribution in [0.2, 0.25) is 0 Å². The number of nitrogens with zero attached hydrogens (tertiary/aromatic N) is 2. The first-order valence-corrected chi connectivity index (χ1v) is 12.0. The lowest BCUT2D eigenvalue weighted by Gasteiger charge is -2.12. The first-order valence-electron chi connectivity index (χ1n) is 12.0. The highest BCUT2D eigenvalue weighted by Crippen LogP contribution is 2.49. The fourth-order valence-electron chi connectivity index (χ4n) is 5.91. The summed E-state index contributed by atoms with van der Waals surface area (Å²) in [4.78, 5) is 4.67. The molecule has 35 heavy (non-hydrogen) atoms. The molecule has 0 unspecified atom stereocenters. The predicted octanol–water partition coefficient (Wildman–Crippen LogP) is 8.65. The van der Waals surface area contributed by atoms with Gasteiger partial charge in [-0.3, -0.25) is 4.98 Å². The van der Waals surface area contributed by atoms with Gasteiger partial charge in [0.1, 0.15) is 0 Å². The van der Waals surface area contributed by atoms with Gasteiger partial charge >= 0.3 is 0 Å². The Morgan fingerprint density at radius 1 is 0.457 bits per heavy atom. The van der Waals surface area contributed by atoms with Gasteiger partial charge in [0.15, 0.2) is 0 Å². The van der Waals surface area contributed by atoms with E-state index in [1.165, 1.54) is 55.1 Å². The molecule has 1 aliphatic rings. The summed E-state index contributed by atoms with van der Waals surface area (Å²) in [6.07, 6.45) is 1.87. The van der Waals surface area contributed by atoms with Crippen molar-refractivity contribution < 1.29 is 0 Å². The van der Waals surface area contributed by atoms with Gasteiger partial charge in [0.2, 0.25) is 0 Å². The summed E-state index contributed by atoms with van der Waals surface area (Å²) in [5.74, 6) is 0. The molecular weight excluding hydrogens is 424 g/mol. The van der Waals surface area contributed by atoms with Crippen LogP contribution in [0.3, 0.4) is 0 Å². The molecule has 5 aromatic carbocycles.